The normalized spacial score (nSPS) is 11.6. The number of hydrogen-bond donors (Lipinski definition) is 1. The number of carboxylic acids is 1. The SMILES string of the molecule is Cc1nc(=O)n(CCCS(C)(=O)=O)c(C)c1CCC(=O)O. The Morgan fingerprint density at radius 1 is 1.33 bits per heavy atom. The van der Waals surface area contributed by atoms with Crippen molar-refractivity contribution in [1.29, 1.82) is 0 Å². The Bertz CT molecular complexity index is 691. The molecule has 7 nitrogen and oxygen atoms in total. The van der Waals surface area contributed by atoms with E-state index in [4.69, 9.17) is 5.11 Å². The van der Waals surface area contributed by atoms with Crippen LogP contribution in [-0.2, 0) is 27.6 Å². The number of carbonyl (C=O) groups is 1. The number of nitrogens with zero attached hydrogens (tertiary/aromatic N) is 2. The first-order valence-corrected chi connectivity index (χ1v) is 8.64. The molecular weight excluding hydrogens is 296 g/mol. The zero-order chi connectivity index (χ0) is 16.2. The minimum absolute atomic E-state index is 0.00276. The summed E-state index contributed by atoms with van der Waals surface area (Å²) in [7, 11) is -3.07. The van der Waals surface area contributed by atoms with Crippen molar-refractivity contribution in [1.82, 2.24) is 9.55 Å². The van der Waals surface area contributed by atoms with Gasteiger partial charge in [0.2, 0.25) is 0 Å². The van der Waals surface area contributed by atoms with Crippen LogP contribution in [0.25, 0.3) is 0 Å². The molecule has 1 heterocycles. The van der Waals surface area contributed by atoms with Gasteiger partial charge >= 0.3 is 11.7 Å². The van der Waals surface area contributed by atoms with Crippen molar-refractivity contribution < 1.29 is 18.3 Å². The lowest BCUT2D eigenvalue weighted by Crippen LogP contribution is -2.28. The van der Waals surface area contributed by atoms with Crippen molar-refractivity contribution in [2.24, 2.45) is 0 Å². The minimum Gasteiger partial charge on any atom is -0.481 e. The molecule has 1 aromatic heterocycles. The van der Waals surface area contributed by atoms with Gasteiger partial charge in [-0.05, 0) is 32.3 Å². The van der Waals surface area contributed by atoms with Gasteiger partial charge in [-0.3, -0.25) is 9.36 Å². The van der Waals surface area contributed by atoms with Gasteiger partial charge in [0.25, 0.3) is 0 Å². The van der Waals surface area contributed by atoms with Gasteiger partial charge in [-0.15, -0.1) is 0 Å². The van der Waals surface area contributed by atoms with E-state index in [2.05, 4.69) is 4.98 Å². The van der Waals surface area contributed by atoms with E-state index >= 15 is 0 Å². The van der Waals surface area contributed by atoms with Crippen molar-refractivity contribution in [3.8, 4) is 0 Å². The van der Waals surface area contributed by atoms with Crippen LogP contribution in [-0.4, -0.2) is 41.1 Å². The maximum absolute atomic E-state index is 11.9. The highest BCUT2D eigenvalue weighted by Crippen LogP contribution is 2.12. The largest absolute Gasteiger partial charge is 0.481 e. The molecule has 1 rings (SSSR count). The fourth-order valence-corrected chi connectivity index (χ4v) is 2.83. The van der Waals surface area contributed by atoms with Crippen LogP contribution < -0.4 is 5.69 Å². The molecule has 0 saturated heterocycles. The average molecular weight is 316 g/mol. The van der Waals surface area contributed by atoms with Gasteiger partial charge < -0.3 is 5.11 Å². The second-order valence-electron chi connectivity index (χ2n) is 5.07. The Morgan fingerprint density at radius 2 is 1.95 bits per heavy atom. The molecule has 0 aliphatic carbocycles. The molecule has 0 unspecified atom stereocenters. The Kier molecular flexibility index (Phi) is 5.65. The fourth-order valence-electron chi connectivity index (χ4n) is 2.18. The van der Waals surface area contributed by atoms with E-state index in [1.807, 2.05) is 0 Å². The van der Waals surface area contributed by atoms with Gasteiger partial charge in [-0.1, -0.05) is 0 Å². The summed E-state index contributed by atoms with van der Waals surface area (Å²) < 4.78 is 23.7. The number of aryl methyl sites for hydroxylation is 1. The summed E-state index contributed by atoms with van der Waals surface area (Å²) in [5, 5.41) is 8.76. The molecule has 0 radical (unpaired) electrons. The molecule has 0 aliphatic heterocycles. The van der Waals surface area contributed by atoms with E-state index in [0.717, 1.165) is 11.8 Å². The van der Waals surface area contributed by atoms with Crippen LogP contribution in [0.3, 0.4) is 0 Å². The van der Waals surface area contributed by atoms with Crippen molar-refractivity contribution in [3.63, 3.8) is 0 Å². The first-order valence-electron chi connectivity index (χ1n) is 6.58. The van der Waals surface area contributed by atoms with E-state index < -0.39 is 21.5 Å². The Balaban J connectivity index is 3.01. The molecule has 0 bridgehead atoms. The second-order valence-corrected chi connectivity index (χ2v) is 7.33. The predicted octanol–water partition coefficient (Wildman–Crippen LogP) is 0.312. The monoisotopic (exact) mass is 316 g/mol. The van der Waals surface area contributed by atoms with Gasteiger partial charge in [0.05, 0.1) is 5.75 Å². The molecule has 0 spiro atoms. The lowest BCUT2D eigenvalue weighted by molar-refractivity contribution is -0.136. The van der Waals surface area contributed by atoms with E-state index in [1.54, 1.807) is 13.8 Å². The standard InChI is InChI=1S/C13H20N2O5S/c1-9-11(5-6-12(16)17)10(2)15(13(18)14-9)7-4-8-21(3,19)20/h4-8H2,1-3H3,(H,16,17). The van der Waals surface area contributed by atoms with Gasteiger partial charge in [0.15, 0.2) is 0 Å². The molecule has 0 atom stereocenters. The van der Waals surface area contributed by atoms with Crippen molar-refractivity contribution >= 4 is 15.8 Å². The topological polar surface area (TPSA) is 106 Å². The lowest BCUT2D eigenvalue weighted by atomic mass is 10.1. The second kappa shape index (κ2) is 6.84. The number of carboxylic acid groups (broad SMARTS) is 1. The molecule has 8 heteroatoms. The smallest absolute Gasteiger partial charge is 0.347 e. The van der Waals surface area contributed by atoms with Crippen LogP contribution in [0, 0.1) is 13.8 Å². The molecule has 0 saturated carbocycles. The third kappa shape index (κ3) is 5.30. The number of rotatable bonds is 7. The highest BCUT2D eigenvalue weighted by atomic mass is 32.2. The number of sulfone groups is 1. The number of hydrogen-bond acceptors (Lipinski definition) is 5. The predicted molar refractivity (Wildman–Crippen MR) is 78.3 cm³/mol. The number of aromatic nitrogens is 2. The summed E-state index contributed by atoms with van der Waals surface area (Å²) in [5.41, 5.74) is 1.48. The van der Waals surface area contributed by atoms with Crippen LogP contribution >= 0.6 is 0 Å². The summed E-state index contributed by atoms with van der Waals surface area (Å²) in [6.07, 6.45) is 1.73. The summed E-state index contributed by atoms with van der Waals surface area (Å²) in [6, 6.07) is 0. The van der Waals surface area contributed by atoms with Crippen molar-refractivity contribution in [2.75, 3.05) is 12.0 Å². The van der Waals surface area contributed by atoms with Gasteiger partial charge in [0.1, 0.15) is 9.84 Å². The van der Waals surface area contributed by atoms with Gasteiger partial charge in [-0.25, -0.2) is 13.2 Å². The summed E-state index contributed by atoms with van der Waals surface area (Å²) in [5.74, 6) is -0.916. The van der Waals surface area contributed by atoms with E-state index in [1.165, 1.54) is 4.57 Å². The van der Waals surface area contributed by atoms with Crippen LogP contribution in [0.15, 0.2) is 4.79 Å². The zero-order valence-corrected chi connectivity index (χ0v) is 13.2. The highest BCUT2D eigenvalue weighted by molar-refractivity contribution is 7.90. The Hall–Kier alpha value is -1.70. The first-order chi connectivity index (χ1) is 9.61. The zero-order valence-electron chi connectivity index (χ0n) is 12.4. The van der Waals surface area contributed by atoms with Gasteiger partial charge in [0, 0.05) is 30.6 Å². The molecule has 0 aromatic carbocycles. The van der Waals surface area contributed by atoms with Crippen LogP contribution in [0.5, 0.6) is 0 Å². The Morgan fingerprint density at radius 3 is 2.48 bits per heavy atom. The molecule has 118 valence electrons. The van der Waals surface area contributed by atoms with Crippen molar-refractivity contribution in [2.45, 2.75) is 39.7 Å². The maximum atomic E-state index is 11.9. The summed E-state index contributed by atoms with van der Waals surface area (Å²) in [6.45, 7) is 3.66. The molecular formula is C13H20N2O5S. The van der Waals surface area contributed by atoms with E-state index in [0.29, 0.717) is 24.2 Å². The van der Waals surface area contributed by atoms with Crippen LogP contribution in [0.1, 0.15) is 29.8 Å². The third-order valence-electron chi connectivity index (χ3n) is 3.26. The molecule has 0 aliphatic rings. The first kappa shape index (κ1) is 17.4. The minimum atomic E-state index is -3.07. The Labute approximate surface area is 123 Å². The van der Waals surface area contributed by atoms with Crippen LogP contribution in [0.4, 0.5) is 0 Å². The van der Waals surface area contributed by atoms with E-state index in [9.17, 15) is 18.0 Å². The van der Waals surface area contributed by atoms with Crippen molar-refractivity contribution in [3.05, 3.63) is 27.4 Å². The van der Waals surface area contributed by atoms with Gasteiger partial charge in [-0.2, -0.15) is 4.98 Å². The highest BCUT2D eigenvalue weighted by Gasteiger charge is 2.13. The molecule has 1 N–H and O–H groups in total. The van der Waals surface area contributed by atoms with E-state index in [-0.39, 0.29) is 18.7 Å². The fraction of sp³-hybridized carbons (Fsp3) is 0.615. The quantitative estimate of drug-likeness (QED) is 0.776. The molecule has 0 amide bonds. The third-order valence-corrected chi connectivity index (χ3v) is 4.29. The molecule has 0 fully saturated rings. The van der Waals surface area contributed by atoms with Crippen LogP contribution in [0.2, 0.25) is 0 Å². The maximum Gasteiger partial charge on any atom is 0.347 e. The molecule has 1 aromatic rings. The lowest BCUT2D eigenvalue weighted by Gasteiger charge is -2.14. The number of aliphatic carboxylic acids is 1. The summed E-state index contributed by atoms with van der Waals surface area (Å²) in [4.78, 5) is 26.5. The summed E-state index contributed by atoms with van der Waals surface area (Å²) >= 11 is 0. The molecule has 21 heavy (non-hydrogen) atoms. The average Bonchev–Trinajstić information content (AvgIpc) is 2.31.